The summed E-state index contributed by atoms with van der Waals surface area (Å²) in [6.45, 7) is 11.7. The van der Waals surface area contributed by atoms with Crippen LogP contribution in [0.2, 0.25) is 0 Å². The van der Waals surface area contributed by atoms with E-state index < -0.39 is 0 Å². The molecule has 0 saturated carbocycles. The van der Waals surface area contributed by atoms with Gasteiger partial charge >= 0.3 is 0 Å². The Hall–Kier alpha value is -0.900. The monoisotopic (exact) mass is 239 g/mol. The quantitative estimate of drug-likeness (QED) is 0.795. The van der Waals surface area contributed by atoms with E-state index in [2.05, 4.69) is 50.1 Å². The van der Waals surface area contributed by atoms with Gasteiger partial charge in [0.05, 0.1) is 5.92 Å². The summed E-state index contributed by atoms with van der Waals surface area (Å²) in [4.78, 5) is 4.48. The van der Waals surface area contributed by atoms with Crippen LogP contribution >= 0.6 is 0 Å². The Morgan fingerprint density at radius 2 is 1.94 bits per heavy atom. The van der Waals surface area contributed by atoms with E-state index in [0.29, 0.717) is 12.0 Å². The first kappa shape index (κ1) is 14.2. The maximum Gasteiger partial charge on any atom is 0.231 e. The molecule has 98 valence electrons. The van der Waals surface area contributed by atoms with Crippen molar-refractivity contribution < 1.29 is 4.52 Å². The first-order valence-corrected chi connectivity index (χ1v) is 6.64. The van der Waals surface area contributed by atoms with Crippen LogP contribution in [0.4, 0.5) is 0 Å². The van der Waals surface area contributed by atoms with Gasteiger partial charge in [-0.05, 0) is 18.9 Å². The standard InChI is InChI=1S/C13H25N3O/c1-6-11(14-7-2)10(5)13-15-12(16-17-13)8-9(3)4/h9-11,14H,6-8H2,1-5H3. The van der Waals surface area contributed by atoms with Gasteiger partial charge in [0.1, 0.15) is 0 Å². The van der Waals surface area contributed by atoms with Gasteiger partial charge in [-0.3, -0.25) is 0 Å². The van der Waals surface area contributed by atoms with Crippen molar-refractivity contribution in [3.05, 3.63) is 11.7 Å². The molecule has 0 saturated heterocycles. The summed E-state index contributed by atoms with van der Waals surface area (Å²) in [6.07, 6.45) is 1.95. The van der Waals surface area contributed by atoms with Gasteiger partial charge in [-0.25, -0.2) is 0 Å². The van der Waals surface area contributed by atoms with Crippen molar-refractivity contribution in [3.8, 4) is 0 Å². The number of likely N-dealkylation sites (N-methyl/N-ethyl adjacent to an activating group) is 1. The van der Waals surface area contributed by atoms with Crippen molar-refractivity contribution in [2.45, 2.75) is 59.4 Å². The van der Waals surface area contributed by atoms with Crippen molar-refractivity contribution in [2.24, 2.45) is 5.92 Å². The summed E-state index contributed by atoms with van der Waals surface area (Å²) in [6, 6.07) is 0.410. The number of nitrogens with zero attached hydrogens (tertiary/aromatic N) is 2. The molecule has 0 aliphatic carbocycles. The summed E-state index contributed by atoms with van der Waals surface area (Å²) in [7, 11) is 0. The van der Waals surface area contributed by atoms with E-state index in [1.54, 1.807) is 0 Å². The van der Waals surface area contributed by atoms with Crippen molar-refractivity contribution >= 4 is 0 Å². The minimum atomic E-state index is 0.272. The molecular formula is C13H25N3O. The summed E-state index contributed by atoms with van der Waals surface area (Å²) >= 11 is 0. The molecule has 2 unspecified atom stereocenters. The highest BCUT2D eigenvalue weighted by molar-refractivity contribution is 4.97. The van der Waals surface area contributed by atoms with E-state index in [0.717, 1.165) is 31.1 Å². The maximum absolute atomic E-state index is 5.36. The second kappa shape index (κ2) is 6.74. The number of aromatic nitrogens is 2. The minimum Gasteiger partial charge on any atom is -0.339 e. The van der Waals surface area contributed by atoms with E-state index >= 15 is 0 Å². The maximum atomic E-state index is 5.36. The van der Waals surface area contributed by atoms with Crippen LogP contribution in [0.15, 0.2) is 4.52 Å². The predicted molar refractivity (Wildman–Crippen MR) is 69.0 cm³/mol. The van der Waals surface area contributed by atoms with Crippen LogP contribution in [0.25, 0.3) is 0 Å². The third-order valence-electron chi connectivity index (χ3n) is 2.97. The van der Waals surface area contributed by atoms with Crippen LogP contribution in [0.1, 0.15) is 58.7 Å². The molecule has 0 aliphatic rings. The first-order chi connectivity index (χ1) is 8.08. The van der Waals surface area contributed by atoms with Crippen LogP contribution in [-0.4, -0.2) is 22.7 Å². The van der Waals surface area contributed by atoms with E-state index in [-0.39, 0.29) is 5.92 Å². The van der Waals surface area contributed by atoms with E-state index in [1.807, 2.05) is 0 Å². The third kappa shape index (κ3) is 4.11. The Balaban J connectivity index is 2.67. The Morgan fingerprint density at radius 3 is 2.47 bits per heavy atom. The molecule has 17 heavy (non-hydrogen) atoms. The fourth-order valence-electron chi connectivity index (χ4n) is 2.01. The molecule has 1 heterocycles. The lowest BCUT2D eigenvalue weighted by molar-refractivity contribution is 0.318. The SMILES string of the molecule is CCNC(CC)C(C)c1nc(CC(C)C)no1. The smallest absolute Gasteiger partial charge is 0.231 e. The Kier molecular flexibility index (Phi) is 5.62. The molecule has 1 N–H and O–H groups in total. The Bertz CT molecular complexity index is 322. The predicted octanol–water partition coefficient (Wildman–Crippen LogP) is 2.76. The van der Waals surface area contributed by atoms with E-state index in [9.17, 15) is 0 Å². The average Bonchev–Trinajstić information content (AvgIpc) is 2.72. The van der Waals surface area contributed by atoms with Gasteiger partial charge in [0.25, 0.3) is 0 Å². The molecule has 0 spiro atoms. The third-order valence-corrected chi connectivity index (χ3v) is 2.97. The number of hydrogen-bond donors (Lipinski definition) is 1. The molecule has 2 atom stereocenters. The molecule has 0 bridgehead atoms. The van der Waals surface area contributed by atoms with Gasteiger partial charge in [0, 0.05) is 12.5 Å². The molecule has 1 rings (SSSR count). The minimum absolute atomic E-state index is 0.272. The van der Waals surface area contributed by atoms with Crippen LogP contribution in [0.3, 0.4) is 0 Å². The molecule has 1 aromatic rings. The second-order valence-corrected chi connectivity index (χ2v) is 5.01. The molecule has 4 heteroatoms. The van der Waals surface area contributed by atoms with Crippen LogP contribution < -0.4 is 5.32 Å². The highest BCUT2D eigenvalue weighted by Gasteiger charge is 2.22. The van der Waals surface area contributed by atoms with Gasteiger partial charge in [-0.15, -0.1) is 0 Å². The van der Waals surface area contributed by atoms with Crippen molar-refractivity contribution in [1.82, 2.24) is 15.5 Å². The van der Waals surface area contributed by atoms with Gasteiger partial charge in [0.2, 0.25) is 5.89 Å². The molecule has 0 aliphatic heterocycles. The normalized spacial score (nSPS) is 15.2. The highest BCUT2D eigenvalue weighted by Crippen LogP contribution is 2.20. The summed E-state index contributed by atoms with van der Waals surface area (Å²) in [5.41, 5.74) is 0. The molecular weight excluding hydrogens is 214 g/mol. The second-order valence-electron chi connectivity index (χ2n) is 5.01. The topological polar surface area (TPSA) is 51.0 Å². The summed E-state index contributed by atoms with van der Waals surface area (Å²) < 4.78 is 5.36. The lowest BCUT2D eigenvalue weighted by Gasteiger charge is -2.20. The number of nitrogens with one attached hydrogen (secondary N) is 1. The van der Waals surface area contributed by atoms with E-state index in [4.69, 9.17) is 4.52 Å². The summed E-state index contributed by atoms with van der Waals surface area (Å²) in [5, 5.41) is 7.49. The molecule has 0 aromatic carbocycles. The number of rotatable bonds is 7. The van der Waals surface area contributed by atoms with Crippen LogP contribution in [0.5, 0.6) is 0 Å². The van der Waals surface area contributed by atoms with Crippen molar-refractivity contribution in [3.63, 3.8) is 0 Å². The van der Waals surface area contributed by atoms with Gasteiger partial charge < -0.3 is 9.84 Å². The summed E-state index contributed by atoms with van der Waals surface area (Å²) in [5.74, 6) is 2.42. The molecule has 4 nitrogen and oxygen atoms in total. The zero-order valence-electron chi connectivity index (χ0n) is 11.7. The molecule has 0 fully saturated rings. The zero-order valence-corrected chi connectivity index (χ0v) is 11.7. The Labute approximate surface area is 104 Å². The first-order valence-electron chi connectivity index (χ1n) is 6.64. The van der Waals surface area contributed by atoms with E-state index in [1.165, 1.54) is 0 Å². The Morgan fingerprint density at radius 1 is 1.24 bits per heavy atom. The van der Waals surface area contributed by atoms with Crippen molar-refractivity contribution in [2.75, 3.05) is 6.54 Å². The lowest BCUT2D eigenvalue weighted by atomic mass is 9.99. The average molecular weight is 239 g/mol. The van der Waals surface area contributed by atoms with Crippen molar-refractivity contribution in [1.29, 1.82) is 0 Å². The molecule has 0 amide bonds. The fourth-order valence-corrected chi connectivity index (χ4v) is 2.01. The van der Waals surface area contributed by atoms with Crippen LogP contribution in [0, 0.1) is 5.92 Å². The van der Waals surface area contributed by atoms with Gasteiger partial charge in [-0.2, -0.15) is 4.98 Å². The molecule has 1 aromatic heterocycles. The van der Waals surface area contributed by atoms with Gasteiger partial charge in [0.15, 0.2) is 5.82 Å². The number of hydrogen-bond acceptors (Lipinski definition) is 4. The van der Waals surface area contributed by atoms with Crippen LogP contribution in [-0.2, 0) is 6.42 Å². The zero-order chi connectivity index (χ0) is 12.8. The van der Waals surface area contributed by atoms with Gasteiger partial charge in [-0.1, -0.05) is 39.8 Å². The lowest BCUT2D eigenvalue weighted by Crippen LogP contribution is -2.33. The highest BCUT2D eigenvalue weighted by atomic mass is 16.5. The fraction of sp³-hybridized carbons (Fsp3) is 0.846. The molecule has 0 radical (unpaired) electrons. The largest absolute Gasteiger partial charge is 0.339 e.